The first-order chi connectivity index (χ1) is 13.3. The van der Waals surface area contributed by atoms with Gasteiger partial charge in [-0.05, 0) is 23.8 Å². The third-order valence-corrected chi connectivity index (χ3v) is 5.99. The quantitative estimate of drug-likeness (QED) is 0.805. The van der Waals surface area contributed by atoms with E-state index in [-0.39, 0.29) is 5.91 Å². The Morgan fingerprint density at radius 1 is 1.07 bits per heavy atom. The third kappa shape index (κ3) is 4.46. The van der Waals surface area contributed by atoms with E-state index in [4.69, 9.17) is 0 Å². The molecular formula is C22H28N4O. The summed E-state index contributed by atoms with van der Waals surface area (Å²) in [6.07, 6.45) is 13.8. The van der Waals surface area contributed by atoms with Crippen molar-refractivity contribution in [2.24, 2.45) is 11.8 Å². The molecule has 1 saturated carbocycles. The number of rotatable bonds is 5. The molecule has 5 heteroatoms. The Morgan fingerprint density at radius 2 is 1.89 bits per heavy atom. The molecule has 0 N–H and O–H groups in total. The molecule has 1 aliphatic carbocycles. The summed E-state index contributed by atoms with van der Waals surface area (Å²) in [5.74, 6) is 1.53. The van der Waals surface area contributed by atoms with E-state index in [0.717, 1.165) is 31.0 Å². The number of likely N-dealkylation sites (tertiary alicyclic amines) is 1. The minimum atomic E-state index is 0.0339. The Bertz CT molecular complexity index is 777. The lowest BCUT2D eigenvalue weighted by molar-refractivity contribution is 0.0773. The fourth-order valence-electron chi connectivity index (χ4n) is 4.47. The minimum absolute atomic E-state index is 0.0339. The van der Waals surface area contributed by atoms with Crippen LogP contribution < -0.4 is 0 Å². The summed E-state index contributed by atoms with van der Waals surface area (Å²) in [7, 11) is 0. The smallest absolute Gasteiger partial charge is 0.276 e. The van der Waals surface area contributed by atoms with Gasteiger partial charge in [0.2, 0.25) is 0 Å². The molecule has 27 heavy (non-hydrogen) atoms. The number of carbonyl (C=O) groups is 1. The van der Waals surface area contributed by atoms with Crippen molar-refractivity contribution in [3.8, 4) is 0 Å². The second-order valence-electron chi connectivity index (χ2n) is 7.84. The van der Waals surface area contributed by atoms with Crippen LogP contribution in [0.4, 0.5) is 0 Å². The van der Waals surface area contributed by atoms with Crippen LogP contribution in [0.2, 0.25) is 0 Å². The molecule has 2 aromatic rings. The Kier molecular flexibility index (Phi) is 5.66. The summed E-state index contributed by atoms with van der Waals surface area (Å²) in [5.41, 5.74) is 1.62. The van der Waals surface area contributed by atoms with Crippen molar-refractivity contribution in [2.45, 2.75) is 45.1 Å². The van der Waals surface area contributed by atoms with Gasteiger partial charge in [-0.3, -0.25) is 4.79 Å². The highest BCUT2D eigenvalue weighted by atomic mass is 16.2. The summed E-state index contributed by atoms with van der Waals surface area (Å²) in [6.45, 7) is 2.37. The van der Waals surface area contributed by atoms with Crippen LogP contribution in [-0.4, -0.2) is 38.9 Å². The summed E-state index contributed by atoms with van der Waals surface area (Å²) < 4.78 is 1.72. The number of benzene rings is 1. The molecule has 0 radical (unpaired) electrons. The lowest BCUT2D eigenvalue weighted by Crippen LogP contribution is -2.30. The van der Waals surface area contributed by atoms with Gasteiger partial charge in [-0.25, -0.2) is 4.68 Å². The topological polar surface area (TPSA) is 51.0 Å². The molecule has 1 aliphatic heterocycles. The van der Waals surface area contributed by atoms with Crippen molar-refractivity contribution in [1.29, 1.82) is 0 Å². The number of hydrogen-bond acceptors (Lipinski definition) is 3. The Labute approximate surface area is 161 Å². The van der Waals surface area contributed by atoms with Crippen molar-refractivity contribution >= 4 is 12.0 Å². The van der Waals surface area contributed by atoms with Gasteiger partial charge >= 0.3 is 0 Å². The summed E-state index contributed by atoms with van der Waals surface area (Å²) in [5, 5.41) is 8.23. The van der Waals surface area contributed by atoms with Crippen LogP contribution in [0.25, 0.3) is 6.08 Å². The molecular weight excluding hydrogens is 336 g/mol. The normalized spacial score (nSPS) is 21.2. The molecule has 4 rings (SSSR count). The van der Waals surface area contributed by atoms with Gasteiger partial charge in [0.25, 0.3) is 5.91 Å². The molecule has 2 heterocycles. The second-order valence-corrected chi connectivity index (χ2v) is 7.84. The molecule has 1 atom stereocenters. The van der Waals surface area contributed by atoms with Crippen LogP contribution in [0.3, 0.4) is 0 Å². The van der Waals surface area contributed by atoms with Gasteiger partial charge in [-0.2, -0.15) is 0 Å². The Balaban J connectivity index is 1.31. The van der Waals surface area contributed by atoms with Crippen molar-refractivity contribution in [2.75, 3.05) is 13.1 Å². The summed E-state index contributed by atoms with van der Waals surface area (Å²) in [6, 6.07) is 10.2. The predicted molar refractivity (Wildman–Crippen MR) is 106 cm³/mol. The number of allylic oxidation sites excluding steroid dienone is 1. The van der Waals surface area contributed by atoms with E-state index >= 15 is 0 Å². The van der Waals surface area contributed by atoms with Crippen molar-refractivity contribution in [3.63, 3.8) is 0 Å². The molecule has 2 fully saturated rings. The zero-order valence-corrected chi connectivity index (χ0v) is 15.8. The molecule has 1 aromatic heterocycles. The highest BCUT2D eigenvalue weighted by Gasteiger charge is 2.33. The number of hydrogen-bond donors (Lipinski definition) is 0. The maximum Gasteiger partial charge on any atom is 0.276 e. The third-order valence-electron chi connectivity index (χ3n) is 5.99. The van der Waals surface area contributed by atoms with E-state index < -0.39 is 0 Å². The molecule has 1 unspecified atom stereocenters. The van der Waals surface area contributed by atoms with E-state index in [2.05, 4.69) is 28.5 Å². The van der Waals surface area contributed by atoms with E-state index in [1.54, 1.807) is 10.9 Å². The standard InChI is InChI=1S/C22H28N4O/c27-22(25-15-13-20(16-25)19-11-5-2-6-12-19)21-17-26(24-23-21)14-7-10-18-8-3-1-4-9-18/h1,3-4,7-10,17,19-20H,2,5-6,11-16H2/b10-7+. The second kappa shape index (κ2) is 8.51. The van der Waals surface area contributed by atoms with Crippen LogP contribution in [0.5, 0.6) is 0 Å². The Morgan fingerprint density at radius 3 is 2.70 bits per heavy atom. The van der Waals surface area contributed by atoms with Crippen LogP contribution in [0.15, 0.2) is 42.6 Å². The van der Waals surface area contributed by atoms with Crippen LogP contribution in [0, 0.1) is 11.8 Å². The average molecular weight is 364 g/mol. The zero-order chi connectivity index (χ0) is 18.5. The largest absolute Gasteiger partial charge is 0.337 e. The molecule has 5 nitrogen and oxygen atoms in total. The van der Waals surface area contributed by atoms with E-state index in [0.29, 0.717) is 18.2 Å². The Hall–Kier alpha value is -2.43. The van der Waals surface area contributed by atoms with Crippen LogP contribution in [-0.2, 0) is 6.54 Å². The predicted octanol–water partition coefficient (Wildman–Crippen LogP) is 4.03. The molecule has 142 valence electrons. The van der Waals surface area contributed by atoms with Crippen LogP contribution >= 0.6 is 0 Å². The van der Waals surface area contributed by atoms with Gasteiger partial charge in [0.15, 0.2) is 5.69 Å². The van der Waals surface area contributed by atoms with Gasteiger partial charge < -0.3 is 4.90 Å². The molecule has 1 amide bonds. The molecule has 0 spiro atoms. The summed E-state index contributed by atoms with van der Waals surface area (Å²) >= 11 is 0. The molecule has 0 bridgehead atoms. The first-order valence-corrected chi connectivity index (χ1v) is 10.2. The van der Waals surface area contributed by atoms with E-state index in [1.165, 1.54) is 32.1 Å². The van der Waals surface area contributed by atoms with Crippen molar-refractivity contribution in [3.05, 3.63) is 53.9 Å². The minimum Gasteiger partial charge on any atom is -0.337 e. The number of nitrogens with zero attached hydrogens (tertiary/aromatic N) is 4. The molecule has 1 aromatic carbocycles. The molecule has 2 aliphatic rings. The number of carbonyl (C=O) groups excluding carboxylic acids is 1. The monoisotopic (exact) mass is 364 g/mol. The highest BCUT2D eigenvalue weighted by Crippen LogP contribution is 2.35. The number of aromatic nitrogens is 3. The van der Waals surface area contributed by atoms with Gasteiger partial charge in [0, 0.05) is 13.1 Å². The van der Waals surface area contributed by atoms with E-state index in [1.807, 2.05) is 29.2 Å². The average Bonchev–Trinajstić information content (AvgIpc) is 3.39. The lowest BCUT2D eigenvalue weighted by atomic mass is 9.80. The highest BCUT2D eigenvalue weighted by molar-refractivity contribution is 5.92. The molecule has 1 saturated heterocycles. The number of amides is 1. The van der Waals surface area contributed by atoms with E-state index in [9.17, 15) is 4.79 Å². The van der Waals surface area contributed by atoms with Crippen molar-refractivity contribution < 1.29 is 4.79 Å². The maximum absolute atomic E-state index is 12.8. The zero-order valence-electron chi connectivity index (χ0n) is 15.8. The summed E-state index contributed by atoms with van der Waals surface area (Å²) in [4.78, 5) is 14.8. The van der Waals surface area contributed by atoms with Crippen molar-refractivity contribution in [1.82, 2.24) is 19.9 Å². The SMILES string of the molecule is O=C(c1cn(C/C=C/c2ccccc2)nn1)N1CCC(C2CCCCC2)C1. The first kappa shape index (κ1) is 18.0. The fourth-order valence-corrected chi connectivity index (χ4v) is 4.47. The van der Waals surface area contributed by atoms with Gasteiger partial charge in [-0.15, -0.1) is 5.10 Å². The first-order valence-electron chi connectivity index (χ1n) is 10.2. The lowest BCUT2D eigenvalue weighted by Gasteiger charge is -2.27. The van der Waals surface area contributed by atoms with Gasteiger partial charge in [0.05, 0.1) is 12.7 Å². The maximum atomic E-state index is 12.8. The van der Waals surface area contributed by atoms with Crippen LogP contribution in [0.1, 0.15) is 54.6 Å². The fraction of sp³-hybridized carbons (Fsp3) is 0.500. The van der Waals surface area contributed by atoms with Gasteiger partial charge in [-0.1, -0.05) is 79.8 Å². The van der Waals surface area contributed by atoms with Gasteiger partial charge in [0.1, 0.15) is 0 Å².